The van der Waals surface area contributed by atoms with Crippen LogP contribution >= 0.6 is 0 Å². The smallest absolute Gasteiger partial charge is 0.228 e. The highest BCUT2D eigenvalue weighted by Crippen LogP contribution is 2.21. The van der Waals surface area contributed by atoms with E-state index in [0.717, 1.165) is 11.1 Å². The Bertz CT molecular complexity index is 857. The molecule has 0 aliphatic heterocycles. The fourth-order valence-electron chi connectivity index (χ4n) is 2.30. The first-order valence-corrected chi connectivity index (χ1v) is 7.52. The van der Waals surface area contributed by atoms with Gasteiger partial charge in [-0.3, -0.25) is 9.89 Å². The van der Waals surface area contributed by atoms with E-state index in [0.29, 0.717) is 11.3 Å². The number of anilines is 1. The molecule has 0 aliphatic rings. The van der Waals surface area contributed by atoms with Gasteiger partial charge in [0.05, 0.1) is 6.20 Å². The SMILES string of the molecule is O=C(C/C=C/c1ccccc1F)Nc1cccc(-c2cn[nH]c2)c1. The molecule has 1 aromatic heterocycles. The number of aromatic amines is 1. The number of halogens is 1. The predicted octanol–water partition coefficient (Wildman–Crippen LogP) is 4.26. The van der Waals surface area contributed by atoms with Crippen molar-refractivity contribution in [3.8, 4) is 11.1 Å². The number of aromatic nitrogens is 2. The minimum absolute atomic E-state index is 0.160. The molecule has 2 N–H and O–H groups in total. The van der Waals surface area contributed by atoms with Crippen molar-refractivity contribution < 1.29 is 9.18 Å². The number of benzene rings is 2. The molecule has 1 amide bonds. The number of hydrogen-bond donors (Lipinski definition) is 2. The Labute approximate surface area is 139 Å². The molecule has 0 unspecified atom stereocenters. The third kappa shape index (κ3) is 3.95. The van der Waals surface area contributed by atoms with Gasteiger partial charge < -0.3 is 5.32 Å². The van der Waals surface area contributed by atoms with Crippen LogP contribution in [-0.2, 0) is 4.79 Å². The van der Waals surface area contributed by atoms with Crippen molar-refractivity contribution in [3.63, 3.8) is 0 Å². The average Bonchev–Trinajstić information content (AvgIpc) is 3.11. The number of nitrogens with zero attached hydrogens (tertiary/aromatic N) is 1. The molecule has 3 rings (SSSR count). The number of nitrogens with one attached hydrogen (secondary N) is 2. The summed E-state index contributed by atoms with van der Waals surface area (Å²) in [7, 11) is 0. The summed E-state index contributed by atoms with van der Waals surface area (Å²) < 4.78 is 13.5. The van der Waals surface area contributed by atoms with Gasteiger partial charge in [0.1, 0.15) is 5.82 Å². The lowest BCUT2D eigenvalue weighted by Crippen LogP contribution is -2.09. The largest absolute Gasteiger partial charge is 0.326 e. The summed E-state index contributed by atoms with van der Waals surface area (Å²) in [5, 5.41) is 9.50. The maximum atomic E-state index is 13.5. The second kappa shape index (κ2) is 7.37. The zero-order valence-corrected chi connectivity index (χ0v) is 12.9. The van der Waals surface area contributed by atoms with E-state index in [-0.39, 0.29) is 18.1 Å². The number of amides is 1. The van der Waals surface area contributed by atoms with Crippen LogP contribution in [0.5, 0.6) is 0 Å². The predicted molar refractivity (Wildman–Crippen MR) is 92.7 cm³/mol. The van der Waals surface area contributed by atoms with Crippen molar-refractivity contribution in [2.45, 2.75) is 6.42 Å². The molecule has 2 aromatic carbocycles. The lowest BCUT2D eigenvalue weighted by atomic mass is 10.1. The van der Waals surface area contributed by atoms with Crippen molar-refractivity contribution in [2.24, 2.45) is 0 Å². The number of hydrogen-bond acceptors (Lipinski definition) is 2. The van der Waals surface area contributed by atoms with Gasteiger partial charge >= 0.3 is 0 Å². The van der Waals surface area contributed by atoms with E-state index >= 15 is 0 Å². The first-order chi connectivity index (χ1) is 11.7. The minimum atomic E-state index is -0.304. The van der Waals surface area contributed by atoms with Crippen molar-refractivity contribution in [1.82, 2.24) is 10.2 Å². The molecular formula is C19H16FN3O. The Balaban J connectivity index is 1.61. The quantitative estimate of drug-likeness (QED) is 0.738. The van der Waals surface area contributed by atoms with Crippen LogP contribution in [0.1, 0.15) is 12.0 Å². The maximum absolute atomic E-state index is 13.5. The van der Waals surface area contributed by atoms with E-state index in [1.165, 1.54) is 6.07 Å². The summed E-state index contributed by atoms with van der Waals surface area (Å²) in [6, 6.07) is 14.0. The highest BCUT2D eigenvalue weighted by Gasteiger charge is 2.03. The fraction of sp³-hybridized carbons (Fsp3) is 0.0526. The summed E-state index contributed by atoms with van der Waals surface area (Å²) in [5.74, 6) is -0.464. The topological polar surface area (TPSA) is 57.8 Å². The number of H-pyrrole nitrogens is 1. The lowest BCUT2D eigenvalue weighted by molar-refractivity contribution is -0.115. The van der Waals surface area contributed by atoms with Crippen molar-refractivity contribution >= 4 is 17.7 Å². The van der Waals surface area contributed by atoms with Crippen LogP contribution in [0, 0.1) is 5.82 Å². The maximum Gasteiger partial charge on any atom is 0.228 e. The highest BCUT2D eigenvalue weighted by molar-refractivity contribution is 5.92. The summed E-state index contributed by atoms with van der Waals surface area (Å²) >= 11 is 0. The van der Waals surface area contributed by atoms with Gasteiger partial charge in [0, 0.05) is 29.4 Å². The zero-order valence-electron chi connectivity index (χ0n) is 12.9. The monoisotopic (exact) mass is 321 g/mol. The van der Waals surface area contributed by atoms with Gasteiger partial charge in [-0.2, -0.15) is 5.10 Å². The van der Waals surface area contributed by atoms with E-state index in [2.05, 4.69) is 15.5 Å². The Hall–Kier alpha value is -3.21. The molecule has 0 saturated carbocycles. The van der Waals surface area contributed by atoms with E-state index in [1.807, 2.05) is 24.3 Å². The van der Waals surface area contributed by atoms with Gasteiger partial charge in [-0.1, -0.05) is 42.5 Å². The molecule has 0 aliphatic carbocycles. The van der Waals surface area contributed by atoms with Crippen LogP contribution in [0.4, 0.5) is 10.1 Å². The molecule has 120 valence electrons. The Morgan fingerprint density at radius 1 is 1.17 bits per heavy atom. The van der Waals surface area contributed by atoms with Crippen LogP contribution in [0.3, 0.4) is 0 Å². The summed E-state index contributed by atoms with van der Waals surface area (Å²) in [6.07, 6.45) is 6.94. The molecule has 0 saturated heterocycles. The van der Waals surface area contributed by atoms with Crippen molar-refractivity contribution in [3.05, 3.63) is 78.4 Å². The summed E-state index contributed by atoms with van der Waals surface area (Å²) in [4.78, 5) is 12.0. The molecule has 0 spiro atoms. The lowest BCUT2D eigenvalue weighted by Gasteiger charge is -2.05. The Kier molecular flexibility index (Phi) is 4.81. The van der Waals surface area contributed by atoms with E-state index < -0.39 is 0 Å². The molecular weight excluding hydrogens is 305 g/mol. The van der Waals surface area contributed by atoms with Crippen LogP contribution < -0.4 is 5.32 Å². The average molecular weight is 321 g/mol. The molecule has 4 nitrogen and oxygen atoms in total. The van der Waals surface area contributed by atoms with Crippen molar-refractivity contribution in [2.75, 3.05) is 5.32 Å². The molecule has 0 fully saturated rings. The molecule has 0 atom stereocenters. The Morgan fingerprint density at radius 3 is 2.83 bits per heavy atom. The summed E-state index contributed by atoms with van der Waals surface area (Å²) in [6.45, 7) is 0. The van der Waals surface area contributed by atoms with Crippen LogP contribution in [-0.4, -0.2) is 16.1 Å². The van der Waals surface area contributed by atoms with E-state index in [1.54, 1.807) is 42.7 Å². The second-order valence-corrected chi connectivity index (χ2v) is 5.24. The molecule has 1 heterocycles. The number of carbonyl (C=O) groups excluding carboxylic acids is 1. The van der Waals surface area contributed by atoms with Gasteiger partial charge in [0.2, 0.25) is 5.91 Å². The molecule has 3 aromatic rings. The van der Waals surface area contributed by atoms with E-state index in [9.17, 15) is 9.18 Å². The second-order valence-electron chi connectivity index (χ2n) is 5.24. The number of rotatable bonds is 5. The van der Waals surface area contributed by atoms with Gasteiger partial charge in [0.25, 0.3) is 0 Å². The van der Waals surface area contributed by atoms with Gasteiger partial charge in [-0.15, -0.1) is 0 Å². The minimum Gasteiger partial charge on any atom is -0.326 e. The third-order valence-corrected chi connectivity index (χ3v) is 3.48. The first kappa shape index (κ1) is 15.7. The zero-order chi connectivity index (χ0) is 16.8. The molecule has 0 radical (unpaired) electrons. The van der Waals surface area contributed by atoms with Crippen molar-refractivity contribution in [1.29, 1.82) is 0 Å². The normalized spacial score (nSPS) is 10.9. The van der Waals surface area contributed by atoms with Crippen LogP contribution in [0.15, 0.2) is 67.0 Å². The summed E-state index contributed by atoms with van der Waals surface area (Å²) in [5.41, 5.74) is 3.08. The molecule has 24 heavy (non-hydrogen) atoms. The van der Waals surface area contributed by atoms with E-state index in [4.69, 9.17) is 0 Å². The first-order valence-electron chi connectivity index (χ1n) is 7.52. The standard InChI is InChI=1S/C19H16FN3O/c20-18-9-2-1-5-14(18)6-4-10-19(24)23-17-8-3-7-15(11-17)16-12-21-22-13-16/h1-9,11-13H,10H2,(H,21,22)(H,23,24)/b6-4+. The van der Waals surface area contributed by atoms with Gasteiger partial charge in [-0.05, 0) is 23.8 Å². The molecule has 0 bridgehead atoms. The van der Waals surface area contributed by atoms with Gasteiger partial charge in [-0.25, -0.2) is 4.39 Å². The molecule has 5 heteroatoms. The fourth-order valence-corrected chi connectivity index (χ4v) is 2.30. The third-order valence-electron chi connectivity index (χ3n) is 3.48. The van der Waals surface area contributed by atoms with Crippen LogP contribution in [0.2, 0.25) is 0 Å². The van der Waals surface area contributed by atoms with Crippen LogP contribution in [0.25, 0.3) is 17.2 Å². The highest BCUT2D eigenvalue weighted by atomic mass is 19.1. The Morgan fingerprint density at radius 2 is 2.04 bits per heavy atom. The van der Waals surface area contributed by atoms with Gasteiger partial charge in [0.15, 0.2) is 0 Å². The number of carbonyl (C=O) groups is 1.